The molecule has 15 aliphatic heterocycles. The number of nitrogens with zero attached hydrogens (tertiary/aromatic N) is 15. The van der Waals surface area contributed by atoms with Crippen LogP contribution in [0.3, 0.4) is 0 Å². The molecule has 15 nitrogen and oxygen atoms in total. The average molecular weight is 1600 g/mol. The zero-order valence-corrected chi connectivity index (χ0v) is 81.6. The van der Waals surface area contributed by atoms with E-state index in [2.05, 4.69) is 261 Å². The zero-order chi connectivity index (χ0) is 83.5. The first-order valence-corrected chi connectivity index (χ1v) is 49.1. The summed E-state index contributed by atoms with van der Waals surface area (Å²) in [7, 11) is 18.2. The molecule has 114 heavy (non-hydrogen) atoms. The smallest absolute Gasteiger partial charge is 0.0358 e. The molecule has 16 aliphatic rings. The molecule has 0 aromatic carbocycles. The number of likely N-dealkylation sites (N-methyl/N-ethyl adjacent to an activating group) is 2. The highest BCUT2D eigenvalue weighted by molar-refractivity contribution is 5.09. The second-order valence-electron chi connectivity index (χ2n) is 47.8. The molecule has 15 heterocycles. The fourth-order valence-electron chi connectivity index (χ4n) is 25.1. The van der Waals surface area contributed by atoms with E-state index in [4.69, 9.17) is 0 Å². The molecule has 0 bridgehead atoms. The average Bonchev–Trinajstić information content (AvgIpc) is 1.59. The first kappa shape index (κ1) is 97.2. The van der Waals surface area contributed by atoms with Gasteiger partial charge in [0.2, 0.25) is 0 Å². The third-order valence-corrected chi connectivity index (χ3v) is 34.2. The lowest BCUT2D eigenvalue weighted by molar-refractivity contribution is 0.0178. The van der Waals surface area contributed by atoms with Crippen molar-refractivity contribution in [1.82, 2.24) is 73.5 Å². The molecule has 0 amide bonds. The van der Waals surface area contributed by atoms with Gasteiger partial charge in [-0.1, -0.05) is 13.8 Å². The molecular formula is C99H197N15. The van der Waals surface area contributed by atoms with Gasteiger partial charge < -0.3 is 44.1 Å². The maximum absolute atomic E-state index is 2.69. The van der Waals surface area contributed by atoms with E-state index in [-0.39, 0.29) is 0 Å². The van der Waals surface area contributed by atoms with Gasteiger partial charge in [0.05, 0.1) is 0 Å². The summed E-state index contributed by atoms with van der Waals surface area (Å²) in [5.41, 5.74) is 6.41. The van der Waals surface area contributed by atoms with E-state index in [1.165, 1.54) is 357 Å². The van der Waals surface area contributed by atoms with Gasteiger partial charge in [0.25, 0.3) is 0 Å². The first-order valence-electron chi connectivity index (χ1n) is 49.1. The van der Waals surface area contributed by atoms with Gasteiger partial charge in [-0.05, 0) is 503 Å². The van der Waals surface area contributed by atoms with Crippen LogP contribution in [0.1, 0.15) is 305 Å². The Morgan fingerprint density at radius 1 is 0.228 bits per heavy atom. The summed E-state index contributed by atoms with van der Waals surface area (Å²) in [5.74, 6) is 1.94. The summed E-state index contributed by atoms with van der Waals surface area (Å²) >= 11 is 0. The Bertz CT molecular complexity index is 2720. The summed E-state index contributed by atoms with van der Waals surface area (Å²) in [6, 6.07) is 2.94. The van der Waals surface area contributed by atoms with Crippen molar-refractivity contribution in [2.24, 2.45) is 44.3 Å². The quantitative estimate of drug-likeness (QED) is 0.245. The molecule has 0 aromatic rings. The van der Waals surface area contributed by atoms with Crippen molar-refractivity contribution in [2.45, 2.75) is 357 Å². The van der Waals surface area contributed by atoms with Crippen molar-refractivity contribution in [3.05, 3.63) is 0 Å². The van der Waals surface area contributed by atoms with E-state index in [0.717, 1.165) is 46.8 Å². The van der Waals surface area contributed by atoms with Crippen LogP contribution in [-0.2, 0) is 0 Å². The molecule has 16 fully saturated rings. The van der Waals surface area contributed by atoms with Crippen molar-refractivity contribution in [3.63, 3.8) is 0 Å². The number of piperidine rings is 10. The van der Waals surface area contributed by atoms with Crippen molar-refractivity contribution in [2.75, 3.05) is 240 Å². The van der Waals surface area contributed by atoms with Gasteiger partial charge in [-0.2, -0.15) is 0 Å². The summed E-state index contributed by atoms with van der Waals surface area (Å²) < 4.78 is 0. The Morgan fingerprint density at radius 2 is 0.553 bits per heavy atom. The predicted octanol–water partition coefficient (Wildman–Crippen LogP) is 16.9. The molecule has 15 heteroatoms. The second-order valence-corrected chi connectivity index (χ2v) is 47.8. The number of rotatable bonds is 5. The van der Waals surface area contributed by atoms with Crippen LogP contribution in [0.15, 0.2) is 0 Å². The van der Waals surface area contributed by atoms with Gasteiger partial charge in [0, 0.05) is 124 Å². The van der Waals surface area contributed by atoms with E-state index in [1.807, 2.05) is 0 Å². The van der Waals surface area contributed by atoms with E-state index >= 15 is 0 Å². The Labute approximate surface area is 710 Å². The molecule has 4 atom stereocenters. The third kappa shape index (κ3) is 27.5. The first-order chi connectivity index (χ1) is 53.4. The summed E-state index contributed by atoms with van der Waals surface area (Å²) in [5, 5.41) is 0. The van der Waals surface area contributed by atoms with Gasteiger partial charge in [-0.15, -0.1) is 0 Å². The normalized spacial score (nSPS) is 31.7. The minimum atomic E-state index is 0.356. The maximum atomic E-state index is 2.69. The largest absolute Gasteiger partial charge is 0.306 e. The highest BCUT2D eigenvalue weighted by Gasteiger charge is 2.52. The molecule has 15 saturated heterocycles. The minimum Gasteiger partial charge on any atom is -0.306 e. The van der Waals surface area contributed by atoms with E-state index in [1.54, 1.807) is 0 Å². The SMILES string of the molecule is CC(C)C1CCC2(C1)CN(C)C2.CC(C)N1CCC2(CCCN(C)C2)CC1.CC(C)N1CCC2(CCN(C)CC2)CC1.CC(C)N1CCCC2(CCCN2C)C1.CC(C)N1CCCC2(CCN(C)CC2)C1.CN1CC12CCN(C(C)(C)C)CC2.CN1CCC2(CCCN(C(C)(C)C)C2)C1.CN1CCC2(CCN(C(C)(C)C)CC2)C1. The monoisotopic (exact) mass is 1600 g/mol. The van der Waals surface area contributed by atoms with Gasteiger partial charge >= 0.3 is 0 Å². The Balaban J connectivity index is 0.000000149. The van der Waals surface area contributed by atoms with E-state index in [9.17, 15) is 0 Å². The standard InChI is InChI=1S/5C13H26N2.C12H24N2.C11H22N2.C11H21N/c1-12(2,3)15-9-6-13(7-10-15)5-8-14(4)11-13;1-12(2)15-10-6-13(7-11-15)4-8-14(3)9-5-13;1-12(2,3)15-8-5-6-13(11-15)7-9-14(4)10-13;1-12(2)15-8-4-5-13(11-15)6-9-14(3)10-7-13;1-12(2)15-9-6-13(7-10-15)5-4-8-14(3)11-13;1-11(2)14-9-5-7-12(10-14)6-4-8-13(12)3;1-10(2,3)13-7-5-11(6-8-13)9-12(11)4;1-9(2)10-4-5-11(6-10)7-12(3)8-11/h5-11H2,1-4H3;12H,4-11H2,1-3H3;5-11H2,1-4H3;2*12H,4-11H2,1-3H3;11H,4-10H2,1-3H3;5-9H2,1-4H3;9-10H,4-8H2,1-3H3. The number of likely N-dealkylation sites (tertiary alicyclic amines) is 14. The Kier molecular flexibility index (Phi) is 35.4. The fraction of sp³-hybridized carbons (Fsp3) is 1.00. The van der Waals surface area contributed by atoms with E-state index in [0.29, 0.717) is 49.4 Å². The molecule has 1 saturated carbocycles. The molecule has 0 radical (unpaired) electrons. The molecule has 0 aromatic heterocycles. The third-order valence-electron chi connectivity index (χ3n) is 34.2. The van der Waals surface area contributed by atoms with Crippen molar-refractivity contribution < 1.29 is 0 Å². The maximum Gasteiger partial charge on any atom is 0.0358 e. The van der Waals surface area contributed by atoms with Crippen LogP contribution in [0, 0.1) is 44.3 Å². The molecular weight excluding hydrogens is 1400 g/mol. The molecule has 8 spiro atoms. The molecule has 668 valence electrons. The highest BCUT2D eigenvalue weighted by Crippen LogP contribution is 2.51. The van der Waals surface area contributed by atoms with Crippen LogP contribution >= 0.6 is 0 Å². The lowest BCUT2D eigenvalue weighted by Gasteiger charge is -2.48. The van der Waals surface area contributed by atoms with Gasteiger partial charge in [-0.3, -0.25) is 29.4 Å². The van der Waals surface area contributed by atoms with E-state index < -0.39 is 0 Å². The van der Waals surface area contributed by atoms with Crippen LogP contribution in [0.5, 0.6) is 0 Å². The topological polar surface area (TPSA) is 48.4 Å². The predicted molar refractivity (Wildman–Crippen MR) is 494 cm³/mol. The van der Waals surface area contributed by atoms with Gasteiger partial charge in [0.15, 0.2) is 0 Å². The van der Waals surface area contributed by atoms with Crippen LogP contribution in [0.25, 0.3) is 0 Å². The summed E-state index contributed by atoms with van der Waals surface area (Å²) in [6.45, 7) is 81.5. The summed E-state index contributed by atoms with van der Waals surface area (Å²) in [6.07, 6.45) is 38.7. The number of hydrogen-bond acceptors (Lipinski definition) is 15. The molecule has 4 unspecified atom stereocenters. The van der Waals surface area contributed by atoms with Crippen LogP contribution in [0.4, 0.5) is 0 Å². The minimum absolute atomic E-state index is 0.356. The van der Waals surface area contributed by atoms with Crippen LogP contribution < -0.4 is 0 Å². The van der Waals surface area contributed by atoms with Crippen molar-refractivity contribution in [1.29, 1.82) is 0 Å². The van der Waals surface area contributed by atoms with Crippen LogP contribution in [-0.4, -0.2) is 365 Å². The van der Waals surface area contributed by atoms with Crippen LogP contribution in [0.2, 0.25) is 0 Å². The zero-order valence-electron chi connectivity index (χ0n) is 81.6. The molecule has 16 rings (SSSR count). The second kappa shape index (κ2) is 41.5. The van der Waals surface area contributed by atoms with Crippen molar-refractivity contribution in [3.8, 4) is 0 Å². The Morgan fingerprint density at radius 3 is 0.956 bits per heavy atom. The highest BCUT2D eigenvalue weighted by atomic mass is 15.4. The van der Waals surface area contributed by atoms with Crippen molar-refractivity contribution >= 4 is 0 Å². The molecule has 0 N–H and O–H groups in total. The lowest BCUT2D eigenvalue weighted by Crippen LogP contribution is -2.55. The van der Waals surface area contributed by atoms with Gasteiger partial charge in [0.1, 0.15) is 0 Å². The fourth-order valence-corrected chi connectivity index (χ4v) is 25.1. The van der Waals surface area contributed by atoms with Gasteiger partial charge in [-0.25, -0.2) is 0 Å². The summed E-state index contributed by atoms with van der Waals surface area (Å²) in [4.78, 5) is 38.7. The lowest BCUT2D eigenvalue weighted by atomic mass is 9.71. The Hall–Kier alpha value is -0.600. The molecule has 1 aliphatic carbocycles. The number of hydrogen-bond donors (Lipinski definition) is 0.